The number of nitrogens with zero attached hydrogens (tertiary/aromatic N) is 4. The SMILES string of the molecule is O=C(C1CCN(Cc2ccncc2)CC1)N1CCN(Cc2ccc(CO)o2)CC1. The van der Waals surface area contributed by atoms with Crippen molar-refractivity contribution in [3.8, 4) is 0 Å². The molecule has 2 aliphatic rings. The van der Waals surface area contributed by atoms with Crippen LogP contribution in [0.5, 0.6) is 0 Å². The third kappa shape index (κ3) is 5.23. The summed E-state index contributed by atoms with van der Waals surface area (Å²) in [6.07, 6.45) is 5.56. The Morgan fingerprint density at radius 2 is 1.59 bits per heavy atom. The van der Waals surface area contributed by atoms with Crippen LogP contribution in [0.2, 0.25) is 0 Å². The Balaban J connectivity index is 1.20. The van der Waals surface area contributed by atoms with E-state index in [-0.39, 0.29) is 12.5 Å². The summed E-state index contributed by atoms with van der Waals surface area (Å²) in [6.45, 7) is 6.84. The molecule has 0 aliphatic carbocycles. The second-order valence-electron chi connectivity index (χ2n) is 8.03. The summed E-state index contributed by atoms with van der Waals surface area (Å²) in [7, 11) is 0. The molecule has 0 radical (unpaired) electrons. The summed E-state index contributed by atoms with van der Waals surface area (Å²) in [4.78, 5) is 23.8. The predicted octanol–water partition coefficient (Wildman–Crippen LogP) is 1.72. The van der Waals surface area contributed by atoms with E-state index in [1.165, 1.54) is 5.56 Å². The van der Waals surface area contributed by atoms with Gasteiger partial charge in [0.2, 0.25) is 5.91 Å². The molecule has 1 N–H and O–H groups in total. The van der Waals surface area contributed by atoms with Crippen LogP contribution in [0.3, 0.4) is 0 Å². The van der Waals surface area contributed by atoms with Crippen molar-refractivity contribution in [2.75, 3.05) is 39.3 Å². The molecule has 0 saturated carbocycles. The van der Waals surface area contributed by atoms with Gasteiger partial charge in [0.25, 0.3) is 0 Å². The van der Waals surface area contributed by atoms with Gasteiger partial charge in [-0.05, 0) is 55.8 Å². The fourth-order valence-corrected chi connectivity index (χ4v) is 4.28. The van der Waals surface area contributed by atoms with Crippen LogP contribution in [0, 0.1) is 5.92 Å². The van der Waals surface area contributed by atoms with Crippen LogP contribution in [0.1, 0.15) is 29.9 Å². The van der Waals surface area contributed by atoms with Crippen molar-refractivity contribution in [1.29, 1.82) is 0 Å². The van der Waals surface area contributed by atoms with Crippen molar-refractivity contribution >= 4 is 5.91 Å². The standard InChI is InChI=1S/C22H30N4O3/c27-17-21-2-1-20(29-21)16-25-11-13-26(14-12-25)22(28)19-5-9-24(10-6-19)15-18-3-7-23-8-4-18/h1-4,7-8,19,27H,5-6,9-17H2. The van der Waals surface area contributed by atoms with Gasteiger partial charge in [-0.15, -0.1) is 0 Å². The van der Waals surface area contributed by atoms with E-state index < -0.39 is 0 Å². The Kier molecular flexibility index (Phi) is 6.59. The number of amides is 1. The number of aliphatic hydroxyl groups is 1. The molecule has 0 spiro atoms. The van der Waals surface area contributed by atoms with E-state index in [2.05, 4.69) is 26.9 Å². The predicted molar refractivity (Wildman–Crippen MR) is 109 cm³/mol. The summed E-state index contributed by atoms with van der Waals surface area (Å²) in [5.74, 6) is 1.96. The highest BCUT2D eigenvalue weighted by molar-refractivity contribution is 5.79. The zero-order valence-corrected chi connectivity index (χ0v) is 16.9. The lowest BCUT2D eigenvalue weighted by atomic mass is 9.94. The number of carbonyl (C=O) groups is 1. The summed E-state index contributed by atoms with van der Waals surface area (Å²) >= 11 is 0. The quantitative estimate of drug-likeness (QED) is 0.799. The first-order chi connectivity index (χ1) is 14.2. The number of furan rings is 1. The molecule has 156 valence electrons. The third-order valence-electron chi connectivity index (χ3n) is 6.03. The Morgan fingerprint density at radius 3 is 2.24 bits per heavy atom. The van der Waals surface area contributed by atoms with Crippen LogP contribution < -0.4 is 0 Å². The summed E-state index contributed by atoms with van der Waals surface area (Å²) in [5.41, 5.74) is 1.28. The van der Waals surface area contributed by atoms with E-state index >= 15 is 0 Å². The second-order valence-corrected chi connectivity index (χ2v) is 8.03. The largest absolute Gasteiger partial charge is 0.462 e. The lowest BCUT2D eigenvalue weighted by molar-refractivity contribution is -0.139. The highest BCUT2D eigenvalue weighted by Crippen LogP contribution is 2.22. The number of piperazine rings is 1. The van der Waals surface area contributed by atoms with E-state index in [0.717, 1.165) is 71.0 Å². The van der Waals surface area contributed by atoms with Crippen molar-refractivity contribution in [1.82, 2.24) is 19.7 Å². The molecule has 2 saturated heterocycles. The molecule has 1 amide bonds. The van der Waals surface area contributed by atoms with Crippen molar-refractivity contribution in [2.24, 2.45) is 5.92 Å². The Bertz CT molecular complexity index is 778. The second kappa shape index (κ2) is 9.52. The minimum absolute atomic E-state index is 0.0658. The van der Waals surface area contributed by atoms with Gasteiger partial charge in [0, 0.05) is 51.0 Å². The number of aliphatic hydroxyl groups excluding tert-OH is 1. The molecule has 4 heterocycles. The van der Waals surface area contributed by atoms with Gasteiger partial charge >= 0.3 is 0 Å². The van der Waals surface area contributed by atoms with Crippen molar-refractivity contribution in [2.45, 2.75) is 32.5 Å². The zero-order chi connectivity index (χ0) is 20.1. The first-order valence-corrected chi connectivity index (χ1v) is 10.5. The van der Waals surface area contributed by atoms with Crippen molar-refractivity contribution in [3.63, 3.8) is 0 Å². The molecular weight excluding hydrogens is 368 g/mol. The fraction of sp³-hybridized carbons (Fsp3) is 0.545. The van der Waals surface area contributed by atoms with Crippen LogP contribution in [0.15, 0.2) is 41.1 Å². The summed E-state index contributed by atoms with van der Waals surface area (Å²) < 4.78 is 5.58. The number of hydrogen-bond donors (Lipinski definition) is 1. The van der Waals surface area contributed by atoms with Gasteiger partial charge in [0.15, 0.2) is 0 Å². The summed E-state index contributed by atoms with van der Waals surface area (Å²) in [5, 5.41) is 9.11. The molecule has 0 unspecified atom stereocenters. The van der Waals surface area contributed by atoms with Gasteiger partial charge in [-0.25, -0.2) is 0 Å². The van der Waals surface area contributed by atoms with Crippen LogP contribution in [-0.4, -0.2) is 70.0 Å². The Labute approximate surface area is 171 Å². The van der Waals surface area contributed by atoms with E-state index in [1.807, 2.05) is 29.4 Å². The molecule has 2 fully saturated rings. The van der Waals surface area contributed by atoms with E-state index in [9.17, 15) is 4.79 Å². The average Bonchev–Trinajstić information content (AvgIpc) is 3.23. The normalized spacial score (nSPS) is 19.6. The fourth-order valence-electron chi connectivity index (χ4n) is 4.28. The molecule has 2 aromatic heterocycles. The first-order valence-electron chi connectivity index (χ1n) is 10.5. The number of piperidine rings is 1. The van der Waals surface area contributed by atoms with Crippen molar-refractivity contribution in [3.05, 3.63) is 53.7 Å². The van der Waals surface area contributed by atoms with E-state index in [1.54, 1.807) is 0 Å². The number of hydrogen-bond acceptors (Lipinski definition) is 6. The lowest BCUT2D eigenvalue weighted by Crippen LogP contribution is -2.51. The number of aromatic nitrogens is 1. The van der Waals surface area contributed by atoms with Gasteiger partial charge in [-0.3, -0.25) is 19.6 Å². The molecule has 0 atom stereocenters. The minimum Gasteiger partial charge on any atom is -0.462 e. The summed E-state index contributed by atoms with van der Waals surface area (Å²) in [6, 6.07) is 7.85. The topological polar surface area (TPSA) is 73.1 Å². The Hall–Kier alpha value is -2.22. The number of likely N-dealkylation sites (tertiary alicyclic amines) is 1. The highest BCUT2D eigenvalue weighted by atomic mass is 16.4. The van der Waals surface area contributed by atoms with Crippen LogP contribution in [0.4, 0.5) is 0 Å². The highest BCUT2D eigenvalue weighted by Gasteiger charge is 2.30. The minimum atomic E-state index is -0.0658. The van der Waals surface area contributed by atoms with Gasteiger partial charge in [0.1, 0.15) is 18.1 Å². The lowest BCUT2D eigenvalue weighted by Gasteiger charge is -2.38. The molecule has 7 nitrogen and oxygen atoms in total. The molecule has 0 aromatic carbocycles. The molecule has 0 bridgehead atoms. The van der Waals surface area contributed by atoms with Gasteiger partial charge in [-0.2, -0.15) is 0 Å². The average molecular weight is 399 g/mol. The first kappa shape index (κ1) is 20.1. The van der Waals surface area contributed by atoms with Crippen LogP contribution in [0.25, 0.3) is 0 Å². The smallest absolute Gasteiger partial charge is 0.225 e. The van der Waals surface area contributed by atoms with Gasteiger partial charge in [-0.1, -0.05) is 0 Å². The molecule has 29 heavy (non-hydrogen) atoms. The van der Waals surface area contributed by atoms with Gasteiger partial charge in [0.05, 0.1) is 6.54 Å². The molecular formula is C22H30N4O3. The maximum atomic E-state index is 13.0. The van der Waals surface area contributed by atoms with E-state index in [4.69, 9.17) is 9.52 Å². The zero-order valence-electron chi connectivity index (χ0n) is 16.9. The number of pyridine rings is 1. The van der Waals surface area contributed by atoms with Crippen LogP contribution >= 0.6 is 0 Å². The molecule has 2 aliphatic heterocycles. The molecule has 4 rings (SSSR count). The third-order valence-corrected chi connectivity index (χ3v) is 6.03. The molecule has 7 heteroatoms. The molecule has 2 aromatic rings. The monoisotopic (exact) mass is 398 g/mol. The maximum Gasteiger partial charge on any atom is 0.225 e. The maximum absolute atomic E-state index is 13.0. The number of carbonyl (C=O) groups excluding carboxylic acids is 1. The number of rotatable bonds is 6. The van der Waals surface area contributed by atoms with E-state index in [0.29, 0.717) is 11.7 Å². The Morgan fingerprint density at radius 1 is 0.931 bits per heavy atom. The van der Waals surface area contributed by atoms with Crippen LogP contribution in [-0.2, 0) is 24.5 Å². The van der Waals surface area contributed by atoms with Gasteiger partial charge < -0.3 is 14.4 Å². The van der Waals surface area contributed by atoms with Crippen molar-refractivity contribution < 1.29 is 14.3 Å².